The van der Waals surface area contributed by atoms with Gasteiger partial charge in [-0.2, -0.15) is 9.61 Å². The van der Waals surface area contributed by atoms with E-state index in [4.69, 9.17) is 0 Å². The molecule has 1 aliphatic carbocycles. The predicted octanol–water partition coefficient (Wildman–Crippen LogP) is 1.92. The van der Waals surface area contributed by atoms with Gasteiger partial charge in [0.15, 0.2) is 0 Å². The Kier molecular flexibility index (Phi) is 4.31. The molecule has 0 spiro atoms. The fourth-order valence-corrected chi connectivity index (χ4v) is 5.41. The summed E-state index contributed by atoms with van der Waals surface area (Å²) >= 11 is 0. The van der Waals surface area contributed by atoms with Gasteiger partial charge in [-0.05, 0) is 62.6 Å². The smallest absolute Gasteiger partial charge is 0.200 e. The van der Waals surface area contributed by atoms with Crippen molar-refractivity contribution in [1.29, 1.82) is 0 Å². The van der Waals surface area contributed by atoms with Crippen LogP contribution in [-0.2, 0) is 0 Å². The van der Waals surface area contributed by atoms with E-state index < -0.39 is 0 Å². The lowest BCUT2D eigenvalue weighted by Gasteiger charge is -2.40. The molecule has 4 atom stereocenters. The molecule has 3 fully saturated rings. The van der Waals surface area contributed by atoms with Gasteiger partial charge in [0.1, 0.15) is 6.33 Å². The number of fused-ring (bicyclic) bond motifs is 2. The van der Waals surface area contributed by atoms with Crippen LogP contribution < -0.4 is 4.90 Å². The maximum Gasteiger partial charge on any atom is 0.200 e. The molecule has 2 aromatic heterocycles. The largest absolute Gasteiger partial charge is 0.391 e. The molecule has 2 aliphatic heterocycles. The van der Waals surface area contributed by atoms with Crippen LogP contribution in [-0.4, -0.2) is 68.1 Å². The van der Waals surface area contributed by atoms with Crippen molar-refractivity contribution in [3.63, 3.8) is 0 Å². The average molecular weight is 371 g/mol. The van der Waals surface area contributed by atoms with Crippen LogP contribution >= 0.6 is 0 Å². The summed E-state index contributed by atoms with van der Waals surface area (Å²) in [5, 5.41) is 23.8. The van der Waals surface area contributed by atoms with E-state index in [2.05, 4.69) is 45.0 Å². The third kappa shape index (κ3) is 3.01. The highest BCUT2D eigenvalue weighted by molar-refractivity contribution is 5.69. The lowest BCUT2D eigenvalue weighted by molar-refractivity contribution is -0.000854. The van der Waals surface area contributed by atoms with E-state index >= 15 is 0 Å². The number of aliphatic hydroxyl groups excluding tert-OH is 1. The van der Waals surface area contributed by atoms with Crippen LogP contribution in [0.25, 0.3) is 5.65 Å². The van der Waals surface area contributed by atoms with Crippen LogP contribution in [0.4, 0.5) is 5.69 Å². The Bertz CT molecular complexity index is 814. The second-order valence-electron chi connectivity index (χ2n) is 8.98. The third-order valence-electron chi connectivity index (χ3n) is 6.92. The van der Waals surface area contributed by atoms with Crippen molar-refractivity contribution >= 4 is 11.3 Å². The summed E-state index contributed by atoms with van der Waals surface area (Å²) in [7, 11) is 0. The van der Waals surface area contributed by atoms with Gasteiger partial charge in [-0.3, -0.25) is 4.90 Å². The van der Waals surface area contributed by atoms with Crippen LogP contribution in [0.1, 0.15) is 51.1 Å². The number of aliphatic hydroxyl groups is 1. The SMILES string of the molecule is CC(C)c1cc(N2C[C@H]3C[C@@H](N4CCCC4)[C@H](O)C[C@H]3C2)c2nncn2n1. The van der Waals surface area contributed by atoms with Crippen LogP contribution in [0, 0.1) is 11.8 Å². The molecule has 0 radical (unpaired) electrons. The molecular formula is C20H30N6O. The number of likely N-dealkylation sites (tertiary alicyclic amines) is 1. The molecule has 2 aromatic rings. The normalized spacial score (nSPS) is 31.9. The first-order valence-electron chi connectivity index (χ1n) is 10.5. The molecular weight excluding hydrogens is 340 g/mol. The van der Waals surface area contributed by atoms with Crippen LogP contribution in [0.5, 0.6) is 0 Å². The lowest BCUT2D eigenvalue weighted by atomic mass is 9.77. The quantitative estimate of drug-likeness (QED) is 0.890. The molecule has 7 heteroatoms. The molecule has 0 bridgehead atoms. The second kappa shape index (κ2) is 6.71. The van der Waals surface area contributed by atoms with Crippen molar-refractivity contribution in [3.8, 4) is 0 Å². The van der Waals surface area contributed by atoms with Crippen molar-refractivity contribution in [2.75, 3.05) is 31.1 Å². The van der Waals surface area contributed by atoms with Gasteiger partial charge in [-0.1, -0.05) is 13.8 Å². The summed E-state index contributed by atoms with van der Waals surface area (Å²) in [6.07, 6.45) is 6.12. The van der Waals surface area contributed by atoms with E-state index in [1.165, 1.54) is 12.8 Å². The highest BCUT2D eigenvalue weighted by Gasteiger charge is 2.44. The van der Waals surface area contributed by atoms with Crippen molar-refractivity contribution in [2.45, 2.75) is 57.6 Å². The van der Waals surface area contributed by atoms with Gasteiger partial charge in [0, 0.05) is 19.1 Å². The summed E-state index contributed by atoms with van der Waals surface area (Å²) < 4.78 is 1.81. The van der Waals surface area contributed by atoms with E-state index in [0.29, 0.717) is 23.8 Å². The van der Waals surface area contributed by atoms with E-state index in [1.54, 1.807) is 6.33 Å². The molecule has 146 valence electrons. The fourth-order valence-electron chi connectivity index (χ4n) is 5.41. The van der Waals surface area contributed by atoms with Crippen molar-refractivity contribution in [2.24, 2.45) is 11.8 Å². The van der Waals surface area contributed by atoms with E-state index in [-0.39, 0.29) is 6.10 Å². The molecule has 1 N–H and O–H groups in total. The van der Waals surface area contributed by atoms with Crippen molar-refractivity contribution in [3.05, 3.63) is 18.1 Å². The molecule has 1 saturated carbocycles. The van der Waals surface area contributed by atoms with Crippen molar-refractivity contribution in [1.82, 2.24) is 24.7 Å². The van der Waals surface area contributed by atoms with Gasteiger partial charge < -0.3 is 10.0 Å². The zero-order valence-electron chi connectivity index (χ0n) is 16.3. The lowest BCUT2D eigenvalue weighted by Crippen LogP contribution is -2.48. The number of rotatable bonds is 3. The van der Waals surface area contributed by atoms with E-state index in [9.17, 15) is 5.11 Å². The standard InChI is InChI=1S/C20H30N6O/c1-13(2)16-9-18(20-22-21-12-26(20)23-16)25-10-14-7-17(24-5-3-4-6-24)19(27)8-15(14)11-25/h9,12-15,17,19,27H,3-8,10-11H2,1-2H3/t14-,15+,17-,19-/m1/s1. The predicted molar refractivity (Wildman–Crippen MR) is 104 cm³/mol. The zero-order valence-corrected chi connectivity index (χ0v) is 16.3. The zero-order chi connectivity index (χ0) is 18.5. The maximum atomic E-state index is 10.8. The molecule has 5 rings (SSSR count). The Balaban J connectivity index is 1.41. The molecule has 0 unspecified atom stereocenters. The molecule has 4 heterocycles. The topological polar surface area (TPSA) is 69.8 Å². The molecule has 0 amide bonds. The summed E-state index contributed by atoms with van der Waals surface area (Å²) in [4.78, 5) is 5.00. The summed E-state index contributed by atoms with van der Waals surface area (Å²) in [5.74, 6) is 1.58. The fraction of sp³-hybridized carbons (Fsp3) is 0.750. The number of aromatic nitrogens is 4. The Labute approximate surface area is 160 Å². The number of hydrogen-bond acceptors (Lipinski definition) is 6. The van der Waals surface area contributed by atoms with E-state index in [0.717, 1.165) is 56.0 Å². The molecule has 2 saturated heterocycles. The second-order valence-corrected chi connectivity index (χ2v) is 8.98. The Morgan fingerprint density at radius 2 is 1.85 bits per heavy atom. The highest BCUT2D eigenvalue weighted by Crippen LogP contribution is 2.41. The van der Waals surface area contributed by atoms with Gasteiger partial charge in [0.25, 0.3) is 0 Å². The molecule has 3 aliphatic rings. The average Bonchev–Trinajstić information content (AvgIpc) is 3.39. The highest BCUT2D eigenvalue weighted by atomic mass is 16.3. The Morgan fingerprint density at radius 1 is 1.11 bits per heavy atom. The Morgan fingerprint density at radius 3 is 2.59 bits per heavy atom. The first-order chi connectivity index (χ1) is 13.1. The number of nitrogens with zero attached hydrogens (tertiary/aromatic N) is 6. The molecule has 0 aromatic carbocycles. The third-order valence-corrected chi connectivity index (χ3v) is 6.92. The van der Waals surface area contributed by atoms with E-state index in [1.807, 2.05) is 4.52 Å². The van der Waals surface area contributed by atoms with Gasteiger partial charge in [0.2, 0.25) is 5.65 Å². The van der Waals surface area contributed by atoms with Crippen molar-refractivity contribution < 1.29 is 5.11 Å². The minimum Gasteiger partial charge on any atom is -0.391 e. The van der Waals surface area contributed by atoms with Gasteiger partial charge in [0.05, 0.1) is 17.5 Å². The maximum absolute atomic E-state index is 10.8. The molecule has 7 nitrogen and oxygen atoms in total. The summed E-state index contributed by atoms with van der Waals surface area (Å²) in [6.45, 7) is 8.70. The summed E-state index contributed by atoms with van der Waals surface area (Å²) in [6, 6.07) is 2.55. The minimum atomic E-state index is -0.180. The van der Waals surface area contributed by atoms with Crippen LogP contribution in [0.3, 0.4) is 0 Å². The van der Waals surface area contributed by atoms with Gasteiger partial charge >= 0.3 is 0 Å². The van der Waals surface area contributed by atoms with Gasteiger partial charge in [-0.25, -0.2) is 0 Å². The Hall–Kier alpha value is -1.73. The number of anilines is 1. The van der Waals surface area contributed by atoms with Gasteiger partial charge in [-0.15, -0.1) is 10.2 Å². The van der Waals surface area contributed by atoms with Crippen LogP contribution in [0.2, 0.25) is 0 Å². The monoisotopic (exact) mass is 370 g/mol. The van der Waals surface area contributed by atoms with Crippen LogP contribution in [0.15, 0.2) is 12.4 Å². The first kappa shape index (κ1) is 17.4. The molecule has 27 heavy (non-hydrogen) atoms. The summed E-state index contributed by atoms with van der Waals surface area (Å²) in [5.41, 5.74) is 3.06. The first-order valence-corrected chi connectivity index (χ1v) is 10.5. The number of hydrogen-bond donors (Lipinski definition) is 1. The minimum absolute atomic E-state index is 0.180.